The minimum Gasteiger partial charge on any atom is -0.392 e. The smallest absolute Gasteiger partial charge is 0.345 e. The molecule has 0 bridgehead atoms. The van der Waals surface area contributed by atoms with Crippen LogP contribution in [0.15, 0.2) is 18.2 Å². The maximum absolute atomic E-state index is 11.7. The average molecular weight is 304 g/mol. The molecule has 0 saturated carbocycles. The van der Waals surface area contributed by atoms with Crippen molar-refractivity contribution >= 4 is 35.1 Å². The molecule has 2 rings (SSSR count). The summed E-state index contributed by atoms with van der Waals surface area (Å²) in [5.41, 5.74) is 0.140. The Hall–Kier alpha value is -1.14. The molecule has 19 heavy (non-hydrogen) atoms. The van der Waals surface area contributed by atoms with E-state index in [4.69, 9.17) is 27.9 Å². The van der Waals surface area contributed by atoms with Crippen LogP contribution in [0.5, 0.6) is 0 Å². The van der Waals surface area contributed by atoms with Crippen molar-refractivity contribution in [3.63, 3.8) is 0 Å². The van der Waals surface area contributed by atoms with Crippen LogP contribution >= 0.6 is 23.2 Å². The molecule has 2 N–H and O–H groups in total. The molecule has 1 aliphatic rings. The number of carbonyl (C=O) groups excluding carboxylic acids is 2. The van der Waals surface area contributed by atoms with Gasteiger partial charge in [0, 0.05) is 13.0 Å². The highest BCUT2D eigenvalue weighted by Gasteiger charge is 2.30. The van der Waals surface area contributed by atoms with Gasteiger partial charge in [0.2, 0.25) is 0 Å². The number of hydrogen-bond donors (Lipinski definition) is 2. The van der Waals surface area contributed by atoms with E-state index in [9.17, 15) is 14.7 Å². The number of rotatable bonds is 2. The van der Waals surface area contributed by atoms with Crippen molar-refractivity contribution in [2.75, 3.05) is 6.54 Å². The zero-order valence-electron chi connectivity index (χ0n) is 9.73. The minimum atomic E-state index is -0.799. The maximum Gasteiger partial charge on any atom is 0.345 e. The number of nitrogens with one attached hydrogen (secondary N) is 1. The van der Waals surface area contributed by atoms with Crippen molar-refractivity contribution < 1.29 is 19.4 Å². The summed E-state index contributed by atoms with van der Waals surface area (Å²) in [7, 11) is 0. The molecule has 7 heteroatoms. The van der Waals surface area contributed by atoms with Crippen molar-refractivity contribution in [1.29, 1.82) is 0 Å². The van der Waals surface area contributed by atoms with Crippen LogP contribution in [-0.4, -0.2) is 35.7 Å². The van der Waals surface area contributed by atoms with Gasteiger partial charge in [-0.25, -0.2) is 9.59 Å². The van der Waals surface area contributed by atoms with Crippen LogP contribution < -0.4 is 5.32 Å². The molecule has 0 amide bonds. The molecule has 1 heterocycles. The number of hydrogen-bond acceptors (Lipinski definition) is 5. The normalized spacial score (nSPS) is 22.3. The maximum atomic E-state index is 11.7. The summed E-state index contributed by atoms with van der Waals surface area (Å²) in [6, 6.07) is 3.53. The fraction of sp³-hybridized carbons (Fsp3) is 0.333. The molecule has 5 nitrogen and oxygen atoms in total. The van der Waals surface area contributed by atoms with Gasteiger partial charge in [-0.3, -0.25) is 0 Å². The van der Waals surface area contributed by atoms with Gasteiger partial charge in [-0.05, 0) is 18.2 Å². The third kappa shape index (κ3) is 3.45. The van der Waals surface area contributed by atoms with E-state index in [-0.39, 0.29) is 17.0 Å². The molecular formula is C12H11Cl2NO4. The lowest BCUT2D eigenvalue weighted by Crippen LogP contribution is -2.33. The predicted molar refractivity (Wildman–Crippen MR) is 69.3 cm³/mol. The molecule has 102 valence electrons. The van der Waals surface area contributed by atoms with Crippen molar-refractivity contribution in [1.82, 2.24) is 5.32 Å². The van der Waals surface area contributed by atoms with Gasteiger partial charge >= 0.3 is 11.9 Å². The third-order valence-electron chi connectivity index (χ3n) is 2.74. The highest BCUT2D eigenvalue weighted by atomic mass is 35.5. The highest BCUT2D eigenvalue weighted by molar-refractivity contribution is 6.42. The monoisotopic (exact) mass is 303 g/mol. The SMILES string of the molecule is O=C(OC(=O)C1CC(O)CN1)c1ccc(Cl)c(Cl)c1. The van der Waals surface area contributed by atoms with Gasteiger partial charge in [-0.15, -0.1) is 0 Å². The predicted octanol–water partition coefficient (Wildman–Crippen LogP) is 1.40. The van der Waals surface area contributed by atoms with E-state index >= 15 is 0 Å². The molecule has 0 radical (unpaired) electrons. The standard InChI is InChI=1S/C12H11Cl2NO4/c13-8-2-1-6(3-9(8)14)11(17)19-12(18)10-4-7(16)5-15-10/h1-3,7,10,15-16H,4-5H2. The Morgan fingerprint density at radius 2 is 2.05 bits per heavy atom. The lowest BCUT2D eigenvalue weighted by Gasteiger charge is -2.09. The van der Waals surface area contributed by atoms with Gasteiger partial charge in [-0.2, -0.15) is 0 Å². The van der Waals surface area contributed by atoms with E-state index in [0.29, 0.717) is 11.6 Å². The largest absolute Gasteiger partial charge is 0.392 e. The first-order valence-electron chi connectivity index (χ1n) is 5.60. The molecule has 1 aromatic rings. The number of ether oxygens (including phenoxy) is 1. The van der Waals surface area contributed by atoms with E-state index in [1.165, 1.54) is 18.2 Å². The second-order valence-corrected chi connectivity index (χ2v) is 5.00. The molecule has 1 fully saturated rings. The van der Waals surface area contributed by atoms with Gasteiger partial charge in [0.1, 0.15) is 6.04 Å². The van der Waals surface area contributed by atoms with Crippen molar-refractivity contribution in [2.24, 2.45) is 0 Å². The van der Waals surface area contributed by atoms with Crippen LogP contribution in [0, 0.1) is 0 Å². The van der Waals surface area contributed by atoms with E-state index in [2.05, 4.69) is 5.32 Å². The molecule has 0 aromatic heterocycles. The molecule has 1 aliphatic heterocycles. The van der Waals surface area contributed by atoms with Crippen LogP contribution in [0.2, 0.25) is 10.0 Å². The van der Waals surface area contributed by atoms with E-state index < -0.39 is 24.1 Å². The van der Waals surface area contributed by atoms with Crippen molar-refractivity contribution in [2.45, 2.75) is 18.6 Å². The first-order chi connectivity index (χ1) is 8.97. The second-order valence-electron chi connectivity index (χ2n) is 4.19. The minimum absolute atomic E-state index is 0.140. The molecule has 2 atom stereocenters. The Morgan fingerprint density at radius 1 is 1.32 bits per heavy atom. The highest BCUT2D eigenvalue weighted by Crippen LogP contribution is 2.23. The summed E-state index contributed by atoms with van der Waals surface area (Å²) < 4.78 is 4.71. The van der Waals surface area contributed by atoms with E-state index in [1.807, 2.05) is 0 Å². The molecule has 1 aromatic carbocycles. The van der Waals surface area contributed by atoms with Gasteiger partial charge in [0.25, 0.3) is 0 Å². The van der Waals surface area contributed by atoms with Gasteiger partial charge in [-0.1, -0.05) is 23.2 Å². The zero-order chi connectivity index (χ0) is 14.0. The Bertz CT molecular complexity index is 520. The number of benzene rings is 1. The lowest BCUT2D eigenvalue weighted by atomic mass is 10.2. The van der Waals surface area contributed by atoms with E-state index in [1.54, 1.807) is 0 Å². The third-order valence-corrected chi connectivity index (χ3v) is 3.48. The lowest BCUT2D eigenvalue weighted by molar-refractivity contribution is -0.140. The summed E-state index contributed by atoms with van der Waals surface area (Å²) in [5.74, 6) is -1.51. The zero-order valence-corrected chi connectivity index (χ0v) is 11.2. The summed E-state index contributed by atoms with van der Waals surface area (Å²) in [6.45, 7) is 0.306. The van der Waals surface area contributed by atoms with Crippen molar-refractivity contribution in [3.05, 3.63) is 33.8 Å². The molecule has 2 unspecified atom stereocenters. The number of carbonyl (C=O) groups is 2. The molecular weight excluding hydrogens is 293 g/mol. The summed E-state index contributed by atoms with van der Waals surface area (Å²) >= 11 is 11.5. The molecule has 0 spiro atoms. The number of halogens is 2. The number of aliphatic hydroxyl groups excluding tert-OH is 1. The topological polar surface area (TPSA) is 75.6 Å². The summed E-state index contributed by atoms with van der Waals surface area (Å²) in [5, 5.41) is 12.6. The number of esters is 2. The number of aliphatic hydroxyl groups is 1. The first-order valence-corrected chi connectivity index (χ1v) is 6.35. The fourth-order valence-corrected chi connectivity index (χ4v) is 2.04. The van der Waals surface area contributed by atoms with Crippen LogP contribution in [-0.2, 0) is 9.53 Å². The fourth-order valence-electron chi connectivity index (χ4n) is 1.74. The Balaban J connectivity index is 2.00. The first kappa shape index (κ1) is 14.3. The van der Waals surface area contributed by atoms with Crippen LogP contribution in [0.25, 0.3) is 0 Å². The molecule has 1 saturated heterocycles. The van der Waals surface area contributed by atoms with E-state index in [0.717, 1.165) is 0 Å². The average Bonchev–Trinajstić information content (AvgIpc) is 2.79. The van der Waals surface area contributed by atoms with Crippen molar-refractivity contribution in [3.8, 4) is 0 Å². The summed E-state index contributed by atoms with van der Waals surface area (Å²) in [6.07, 6.45) is -0.370. The Kier molecular flexibility index (Phi) is 4.42. The van der Waals surface area contributed by atoms with Gasteiger partial charge in [0.05, 0.1) is 21.7 Å². The second kappa shape index (κ2) is 5.88. The van der Waals surface area contributed by atoms with Gasteiger partial charge < -0.3 is 15.2 Å². The number of β-amino-alcohol motifs (C(OH)–C–C–N with tert-alkyl or cyclic N) is 1. The Morgan fingerprint density at radius 3 is 2.63 bits per heavy atom. The quantitative estimate of drug-likeness (QED) is 0.638. The molecule has 0 aliphatic carbocycles. The van der Waals surface area contributed by atoms with Crippen LogP contribution in [0.4, 0.5) is 0 Å². The van der Waals surface area contributed by atoms with Gasteiger partial charge in [0.15, 0.2) is 0 Å². The summed E-state index contributed by atoms with van der Waals surface area (Å²) in [4.78, 5) is 23.4. The Labute approximate surface area is 119 Å². The van der Waals surface area contributed by atoms with Crippen LogP contribution in [0.3, 0.4) is 0 Å². The van der Waals surface area contributed by atoms with Crippen LogP contribution in [0.1, 0.15) is 16.8 Å².